The van der Waals surface area contributed by atoms with Crippen LogP contribution >= 0.6 is 11.6 Å². The molecule has 0 aliphatic rings. The van der Waals surface area contributed by atoms with Crippen molar-refractivity contribution in [1.82, 2.24) is 9.97 Å². The average molecular weight is 256 g/mol. The molecule has 0 spiro atoms. The first kappa shape index (κ1) is 14.2. The van der Waals surface area contributed by atoms with Crippen molar-refractivity contribution >= 4 is 17.4 Å². The smallest absolute Gasteiger partial charge is 0.130 e. The van der Waals surface area contributed by atoms with Crippen LogP contribution in [0.2, 0.25) is 0 Å². The minimum absolute atomic E-state index is 0.367. The maximum Gasteiger partial charge on any atom is 0.130 e. The molecule has 0 saturated carbocycles. The van der Waals surface area contributed by atoms with E-state index in [0.717, 1.165) is 30.2 Å². The van der Waals surface area contributed by atoms with Gasteiger partial charge in [0, 0.05) is 23.7 Å². The fraction of sp³-hybridized carbons (Fsp3) is 0.692. The van der Waals surface area contributed by atoms with Crippen LogP contribution in [0.25, 0.3) is 0 Å². The molecular formula is C13H22ClN3. The lowest BCUT2D eigenvalue weighted by molar-refractivity contribution is 0.511. The van der Waals surface area contributed by atoms with Crippen LogP contribution in [0, 0.1) is 12.8 Å². The van der Waals surface area contributed by atoms with Crippen molar-refractivity contribution in [3.05, 3.63) is 17.6 Å². The Bertz CT molecular complexity index is 353. The zero-order valence-corrected chi connectivity index (χ0v) is 11.9. The highest BCUT2D eigenvalue weighted by Crippen LogP contribution is 2.15. The third-order valence-electron chi connectivity index (χ3n) is 2.81. The summed E-state index contributed by atoms with van der Waals surface area (Å²) < 4.78 is 0. The number of hydrogen-bond acceptors (Lipinski definition) is 3. The Kier molecular flexibility index (Phi) is 5.69. The van der Waals surface area contributed by atoms with Gasteiger partial charge in [-0.1, -0.05) is 20.8 Å². The Balaban J connectivity index is 2.81. The largest absolute Gasteiger partial charge is 0.367 e. The highest BCUT2D eigenvalue weighted by molar-refractivity contribution is 6.17. The maximum atomic E-state index is 5.82. The Labute approximate surface area is 109 Å². The van der Waals surface area contributed by atoms with Crippen molar-refractivity contribution in [2.45, 2.75) is 46.6 Å². The summed E-state index contributed by atoms with van der Waals surface area (Å²) in [4.78, 5) is 8.79. The first-order valence-electron chi connectivity index (χ1n) is 6.23. The van der Waals surface area contributed by atoms with Gasteiger partial charge >= 0.3 is 0 Å². The Morgan fingerprint density at radius 1 is 1.35 bits per heavy atom. The predicted molar refractivity (Wildman–Crippen MR) is 73.7 cm³/mol. The zero-order chi connectivity index (χ0) is 12.8. The van der Waals surface area contributed by atoms with Crippen LogP contribution in [0.3, 0.4) is 0 Å². The van der Waals surface area contributed by atoms with Crippen molar-refractivity contribution < 1.29 is 0 Å². The van der Waals surface area contributed by atoms with Gasteiger partial charge in [-0.15, -0.1) is 11.6 Å². The van der Waals surface area contributed by atoms with Gasteiger partial charge in [0.25, 0.3) is 0 Å². The molecule has 96 valence electrons. The molecule has 1 aromatic heterocycles. The molecule has 0 saturated heterocycles. The van der Waals surface area contributed by atoms with Gasteiger partial charge in [-0.3, -0.25) is 0 Å². The molecule has 0 fully saturated rings. The van der Waals surface area contributed by atoms with Crippen molar-refractivity contribution in [3.63, 3.8) is 0 Å². The van der Waals surface area contributed by atoms with E-state index in [1.165, 1.54) is 0 Å². The normalized spacial score (nSPS) is 12.8. The Morgan fingerprint density at radius 3 is 2.59 bits per heavy atom. The summed E-state index contributed by atoms with van der Waals surface area (Å²) in [7, 11) is 0. The van der Waals surface area contributed by atoms with Crippen LogP contribution in [-0.4, -0.2) is 21.9 Å². The molecule has 17 heavy (non-hydrogen) atoms. The van der Waals surface area contributed by atoms with E-state index in [-0.39, 0.29) is 0 Å². The van der Waals surface area contributed by atoms with E-state index in [4.69, 9.17) is 11.6 Å². The van der Waals surface area contributed by atoms with Gasteiger partial charge in [0.15, 0.2) is 0 Å². The summed E-state index contributed by atoms with van der Waals surface area (Å²) in [6, 6.07) is 2.39. The van der Waals surface area contributed by atoms with E-state index < -0.39 is 0 Å². The molecule has 1 heterocycles. The van der Waals surface area contributed by atoms with E-state index in [1.807, 2.05) is 13.0 Å². The van der Waals surface area contributed by atoms with Crippen LogP contribution in [0.5, 0.6) is 0 Å². The number of anilines is 1. The zero-order valence-electron chi connectivity index (χ0n) is 11.1. The molecule has 1 unspecified atom stereocenters. The van der Waals surface area contributed by atoms with Crippen molar-refractivity contribution in [1.29, 1.82) is 0 Å². The van der Waals surface area contributed by atoms with E-state index in [2.05, 4.69) is 36.1 Å². The SMILES string of the molecule is CCc1cc(NC(CCCl)C(C)C)nc(C)n1. The molecule has 1 aromatic rings. The second kappa shape index (κ2) is 6.80. The van der Waals surface area contributed by atoms with Crippen LogP contribution in [0.15, 0.2) is 6.07 Å². The van der Waals surface area contributed by atoms with Crippen LogP contribution in [-0.2, 0) is 6.42 Å². The van der Waals surface area contributed by atoms with Crippen LogP contribution in [0.1, 0.15) is 38.7 Å². The Morgan fingerprint density at radius 2 is 2.06 bits per heavy atom. The minimum Gasteiger partial charge on any atom is -0.367 e. The number of hydrogen-bond donors (Lipinski definition) is 1. The third-order valence-corrected chi connectivity index (χ3v) is 3.03. The molecule has 0 aromatic carbocycles. The fourth-order valence-electron chi connectivity index (χ4n) is 1.76. The first-order chi connectivity index (χ1) is 8.06. The summed E-state index contributed by atoms with van der Waals surface area (Å²) in [5.41, 5.74) is 1.08. The first-order valence-corrected chi connectivity index (χ1v) is 6.77. The minimum atomic E-state index is 0.367. The summed E-state index contributed by atoms with van der Waals surface area (Å²) in [5.74, 6) is 2.94. The van der Waals surface area contributed by atoms with Gasteiger partial charge in [-0.05, 0) is 25.7 Å². The molecule has 0 aliphatic heterocycles. The molecular weight excluding hydrogens is 234 g/mol. The molecule has 1 atom stereocenters. The molecule has 1 rings (SSSR count). The van der Waals surface area contributed by atoms with Gasteiger partial charge in [-0.25, -0.2) is 9.97 Å². The van der Waals surface area contributed by atoms with Crippen molar-refractivity contribution in [2.24, 2.45) is 5.92 Å². The molecule has 0 amide bonds. The van der Waals surface area contributed by atoms with E-state index >= 15 is 0 Å². The summed E-state index contributed by atoms with van der Waals surface area (Å²) >= 11 is 5.82. The summed E-state index contributed by atoms with van der Waals surface area (Å²) in [6.45, 7) is 8.42. The number of nitrogens with zero attached hydrogens (tertiary/aromatic N) is 2. The lowest BCUT2D eigenvalue weighted by atomic mass is 10.0. The predicted octanol–water partition coefficient (Wildman–Crippen LogP) is 3.41. The van der Waals surface area contributed by atoms with Crippen LogP contribution < -0.4 is 5.32 Å². The maximum absolute atomic E-state index is 5.82. The number of aryl methyl sites for hydroxylation is 2. The van der Waals surface area contributed by atoms with Crippen molar-refractivity contribution in [2.75, 3.05) is 11.2 Å². The number of alkyl halides is 1. The quantitative estimate of drug-likeness (QED) is 0.792. The third kappa shape index (κ3) is 4.50. The van der Waals surface area contributed by atoms with Gasteiger partial charge in [0.1, 0.15) is 11.6 Å². The van der Waals surface area contributed by atoms with Gasteiger partial charge in [0.05, 0.1) is 0 Å². The number of halogens is 1. The fourth-order valence-corrected chi connectivity index (χ4v) is 2.00. The molecule has 4 heteroatoms. The number of nitrogens with one attached hydrogen (secondary N) is 1. The molecule has 0 radical (unpaired) electrons. The summed E-state index contributed by atoms with van der Waals surface area (Å²) in [6.07, 6.45) is 1.88. The van der Waals surface area contributed by atoms with Gasteiger partial charge in [-0.2, -0.15) is 0 Å². The average Bonchev–Trinajstić information content (AvgIpc) is 2.27. The molecule has 0 aliphatic carbocycles. The highest BCUT2D eigenvalue weighted by Gasteiger charge is 2.13. The standard InChI is InChI=1S/C13H22ClN3/c1-5-11-8-13(16-10(4)15-11)17-12(6-7-14)9(2)3/h8-9,12H,5-7H2,1-4H3,(H,15,16,17). The van der Waals surface area contributed by atoms with Crippen LogP contribution in [0.4, 0.5) is 5.82 Å². The highest BCUT2D eigenvalue weighted by atomic mass is 35.5. The topological polar surface area (TPSA) is 37.8 Å². The lowest BCUT2D eigenvalue weighted by Crippen LogP contribution is -2.27. The second-order valence-electron chi connectivity index (χ2n) is 4.62. The Hall–Kier alpha value is -0.830. The molecule has 0 bridgehead atoms. The second-order valence-corrected chi connectivity index (χ2v) is 5.00. The van der Waals surface area contributed by atoms with Gasteiger partial charge in [0.2, 0.25) is 0 Å². The van der Waals surface area contributed by atoms with E-state index in [9.17, 15) is 0 Å². The summed E-state index contributed by atoms with van der Waals surface area (Å²) in [5, 5.41) is 3.46. The number of rotatable bonds is 6. The van der Waals surface area contributed by atoms with Gasteiger partial charge < -0.3 is 5.32 Å². The van der Waals surface area contributed by atoms with E-state index in [1.54, 1.807) is 0 Å². The lowest BCUT2D eigenvalue weighted by Gasteiger charge is -2.22. The van der Waals surface area contributed by atoms with Crippen molar-refractivity contribution in [3.8, 4) is 0 Å². The molecule has 3 nitrogen and oxygen atoms in total. The molecule has 1 N–H and O–H groups in total. The van der Waals surface area contributed by atoms with E-state index in [0.29, 0.717) is 17.8 Å². The monoisotopic (exact) mass is 255 g/mol. The number of aromatic nitrogens is 2.